The van der Waals surface area contributed by atoms with Crippen LogP contribution < -0.4 is 9.47 Å². The second-order valence-electron chi connectivity index (χ2n) is 6.79. The standard InChI is InChI=1S/C22H24O6/c1-15-5-6-16(2)20(12-15)26-14-21(23)28-18-9-7-17(8-10-18)22(24)27-13-19-4-3-11-25-19/h5-10,12,19H,3-4,11,13-14H2,1-2H3. The van der Waals surface area contributed by atoms with E-state index in [1.54, 1.807) is 24.3 Å². The van der Waals surface area contributed by atoms with Gasteiger partial charge in [-0.25, -0.2) is 9.59 Å². The van der Waals surface area contributed by atoms with Gasteiger partial charge in [-0.15, -0.1) is 0 Å². The predicted octanol–water partition coefficient (Wildman–Crippen LogP) is 3.62. The Bertz CT molecular complexity index is 821. The Labute approximate surface area is 164 Å². The SMILES string of the molecule is Cc1ccc(C)c(OCC(=O)Oc2ccc(C(=O)OCC3CCCO3)cc2)c1. The highest BCUT2D eigenvalue weighted by Gasteiger charge is 2.18. The molecule has 0 spiro atoms. The molecule has 28 heavy (non-hydrogen) atoms. The molecule has 0 N–H and O–H groups in total. The van der Waals surface area contributed by atoms with Crippen molar-refractivity contribution in [1.29, 1.82) is 0 Å². The van der Waals surface area contributed by atoms with Crippen LogP contribution in [0.4, 0.5) is 0 Å². The molecule has 1 unspecified atom stereocenters. The zero-order valence-electron chi connectivity index (χ0n) is 16.1. The number of esters is 2. The van der Waals surface area contributed by atoms with Gasteiger partial charge in [-0.05, 0) is 68.1 Å². The van der Waals surface area contributed by atoms with E-state index < -0.39 is 11.9 Å². The molecule has 1 atom stereocenters. The first kappa shape index (κ1) is 19.9. The van der Waals surface area contributed by atoms with Gasteiger partial charge in [0.2, 0.25) is 0 Å². The molecular weight excluding hydrogens is 360 g/mol. The lowest BCUT2D eigenvalue weighted by atomic mass is 10.1. The van der Waals surface area contributed by atoms with E-state index in [-0.39, 0.29) is 19.3 Å². The fourth-order valence-corrected chi connectivity index (χ4v) is 2.85. The first-order valence-corrected chi connectivity index (χ1v) is 9.31. The van der Waals surface area contributed by atoms with Crippen LogP contribution in [0.2, 0.25) is 0 Å². The van der Waals surface area contributed by atoms with Crippen LogP contribution in [-0.4, -0.2) is 37.9 Å². The highest BCUT2D eigenvalue weighted by Crippen LogP contribution is 2.19. The smallest absolute Gasteiger partial charge is 0.349 e. The summed E-state index contributed by atoms with van der Waals surface area (Å²) in [5.74, 6) is 0.0489. The van der Waals surface area contributed by atoms with Crippen LogP contribution in [-0.2, 0) is 14.3 Å². The molecule has 1 aliphatic heterocycles. The van der Waals surface area contributed by atoms with E-state index in [0.717, 1.165) is 30.6 Å². The van der Waals surface area contributed by atoms with Gasteiger partial charge in [0.1, 0.15) is 18.1 Å². The lowest BCUT2D eigenvalue weighted by Gasteiger charge is -2.11. The number of hydrogen-bond acceptors (Lipinski definition) is 6. The molecule has 6 heteroatoms. The fraction of sp³-hybridized carbons (Fsp3) is 0.364. The summed E-state index contributed by atoms with van der Waals surface area (Å²) < 4.78 is 21.5. The molecule has 0 aromatic heterocycles. The molecule has 1 saturated heterocycles. The summed E-state index contributed by atoms with van der Waals surface area (Å²) in [6.07, 6.45) is 1.89. The molecule has 0 saturated carbocycles. The highest BCUT2D eigenvalue weighted by atomic mass is 16.6. The van der Waals surface area contributed by atoms with Gasteiger partial charge in [-0.2, -0.15) is 0 Å². The maximum absolute atomic E-state index is 12.0. The Morgan fingerprint density at radius 3 is 2.61 bits per heavy atom. The van der Waals surface area contributed by atoms with Crippen molar-refractivity contribution in [3.05, 3.63) is 59.2 Å². The lowest BCUT2D eigenvalue weighted by molar-refractivity contribution is -0.136. The largest absolute Gasteiger partial charge is 0.482 e. The molecule has 2 aromatic carbocycles. The Hall–Kier alpha value is -2.86. The monoisotopic (exact) mass is 384 g/mol. The average molecular weight is 384 g/mol. The van der Waals surface area contributed by atoms with Crippen LogP contribution >= 0.6 is 0 Å². The predicted molar refractivity (Wildman–Crippen MR) is 103 cm³/mol. The Morgan fingerprint density at radius 1 is 1.11 bits per heavy atom. The van der Waals surface area contributed by atoms with Crippen LogP contribution in [0.3, 0.4) is 0 Å². The minimum Gasteiger partial charge on any atom is -0.482 e. The topological polar surface area (TPSA) is 71.1 Å². The molecule has 148 valence electrons. The van der Waals surface area contributed by atoms with Gasteiger partial charge >= 0.3 is 11.9 Å². The van der Waals surface area contributed by atoms with Crippen LogP contribution in [0.5, 0.6) is 11.5 Å². The molecule has 1 aliphatic rings. The maximum atomic E-state index is 12.0. The van der Waals surface area contributed by atoms with Gasteiger partial charge < -0.3 is 18.9 Å². The van der Waals surface area contributed by atoms with Crippen molar-refractivity contribution in [2.45, 2.75) is 32.8 Å². The molecule has 0 aliphatic carbocycles. The van der Waals surface area contributed by atoms with Crippen LogP contribution in [0.15, 0.2) is 42.5 Å². The van der Waals surface area contributed by atoms with Gasteiger partial charge in [0, 0.05) is 6.61 Å². The van der Waals surface area contributed by atoms with Crippen LogP contribution in [0, 0.1) is 13.8 Å². The highest BCUT2D eigenvalue weighted by molar-refractivity contribution is 5.89. The quantitative estimate of drug-likeness (QED) is 0.536. The number of carbonyl (C=O) groups excluding carboxylic acids is 2. The van der Waals surface area contributed by atoms with Gasteiger partial charge in [-0.3, -0.25) is 0 Å². The number of ether oxygens (including phenoxy) is 4. The molecule has 0 bridgehead atoms. The summed E-state index contributed by atoms with van der Waals surface area (Å²) in [5, 5.41) is 0. The van der Waals surface area contributed by atoms with Crippen LogP contribution in [0.1, 0.15) is 34.3 Å². The minimum absolute atomic E-state index is 0.0128. The fourth-order valence-electron chi connectivity index (χ4n) is 2.85. The minimum atomic E-state index is -0.519. The van der Waals surface area contributed by atoms with E-state index in [1.165, 1.54) is 0 Å². The van der Waals surface area contributed by atoms with E-state index in [1.807, 2.05) is 32.0 Å². The molecule has 1 fully saturated rings. The van der Waals surface area contributed by atoms with Crippen molar-refractivity contribution >= 4 is 11.9 Å². The molecule has 1 heterocycles. The summed E-state index contributed by atoms with van der Waals surface area (Å²) in [7, 11) is 0. The normalized spacial score (nSPS) is 15.9. The maximum Gasteiger partial charge on any atom is 0.349 e. The summed E-state index contributed by atoms with van der Waals surface area (Å²) in [6.45, 7) is 4.64. The van der Waals surface area contributed by atoms with E-state index >= 15 is 0 Å². The van der Waals surface area contributed by atoms with Crippen molar-refractivity contribution < 1.29 is 28.5 Å². The molecular formula is C22H24O6. The number of hydrogen-bond donors (Lipinski definition) is 0. The zero-order valence-corrected chi connectivity index (χ0v) is 16.1. The Balaban J connectivity index is 1.47. The third kappa shape index (κ3) is 5.57. The first-order chi connectivity index (χ1) is 13.5. The first-order valence-electron chi connectivity index (χ1n) is 9.31. The van der Waals surface area contributed by atoms with Gasteiger partial charge in [-0.1, -0.05) is 12.1 Å². The third-order valence-corrected chi connectivity index (χ3v) is 4.44. The third-order valence-electron chi connectivity index (χ3n) is 4.44. The number of carbonyl (C=O) groups is 2. The average Bonchev–Trinajstić information content (AvgIpc) is 3.21. The number of benzene rings is 2. The van der Waals surface area contributed by atoms with Gasteiger partial charge in [0.25, 0.3) is 0 Å². The second kappa shape index (κ2) is 9.37. The summed E-state index contributed by atoms with van der Waals surface area (Å²) >= 11 is 0. The van der Waals surface area contributed by atoms with Crippen molar-refractivity contribution in [2.75, 3.05) is 19.8 Å². The van der Waals surface area contributed by atoms with Crippen molar-refractivity contribution in [3.63, 3.8) is 0 Å². The van der Waals surface area contributed by atoms with Crippen molar-refractivity contribution in [2.24, 2.45) is 0 Å². The summed E-state index contributed by atoms with van der Waals surface area (Å²) in [4.78, 5) is 24.0. The van der Waals surface area contributed by atoms with E-state index in [2.05, 4.69) is 0 Å². The van der Waals surface area contributed by atoms with E-state index in [0.29, 0.717) is 17.1 Å². The Morgan fingerprint density at radius 2 is 1.89 bits per heavy atom. The molecule has 2 aromatic rings. The van der Waals surface area contributed by atoms with Crippen molar-refractivity contribution in [3.8, 4) is 11.5 Å². The molecule has 6 nitrogen and oxygen atoms in total. The lowest BCUT2D eigenvalue weighted by Crippen LogP contribution is -2.18. The molecule has 0 radical (unpaired) electrons. The summed E-state index contributed by atoms with van der Waals surface area (Å²) in [5.41, 5.74) is 2.39. The Kier molecular flexibility index (Phi) is 6.66. The van der Waals surface area contributed by atoms with Crippen LogP contribution in [0.25, 0.3) is 0 Å². The van der Waals surface area contributed by atoms with Gasteiger partial charge in [0.05, 0.1) is 11.7 Å². The zero-order chi connectivity index (χ0) is 19.9. The molecule has 3 rings (SSSR count). The van der Waals surface area contributed by atoms with Gasteiger partial charge in [0.15, 0.2) is 6.61 Å². The second-order valence-corrected chi connectivity index (χ2v) is 6.79. The van der Waals surface area contributed by atoms with E-state index in [4.69, 9.17) is 18.9 Å². The number of rotatable bonds is 7. The summed E-state index contributed by atoms with van der Waals surface area (Å²) in [6, 6.07) is 12.0. The van der Waals surface area contributed by atoms with E-state index in [9.17, 15) is 9.59 Å². The molecule has 0 amide bonds. The number of aryl methyl sites for hydroxylation is 2. The van der Waals surface area contributed by atoms with Crippen molar-refractivity contribution in [1.82, 2.24) is 0 Å².